The Bertz CT molecular complexity index is 1170. The molecule has 8 heteroatoms. The molecule has 3 rings (SSSR count). The zero-order chi connectivity index (χ0) is 25.6. The number of amides is 3. The average molecular weight is 493 g/mol. The molecule has 0 fully saturated rings. The van der Waals surface area contributed by atoms with E-state index >= 15 is 0 Å². The van der Waals surface area contributed by atoms with Gasteiger partial charge in [0.15, 0.2) is 5.13 Å². The number of aromatic nitrogens is 1. The number of rotatable bonds is 8. The number of hydrogen-bond donors (Lipinski definition) is 2. The van der Waals surface area contributed by atoms with E-state index < -0.39 is 11.6 Å². The van der Waals surface area contributed by atoms with Crippen LogP contribution in [0.5, 0.6) is 0 Å². The number of nitrogens with one attached hydrogen (secondary N) is 2. The average Bonchev–Trinajstić information content (AvgIpc) is 3.28. The van der Waals surface area contributed by atoms with E-state index in [1.54, 1.807) is 11.6 Å². The van der Waals surface area contributed by atoms with Crippen LogP contribution in [0.4, 0.5) is 10.8 Å². The van der Waals surface area contributed by atoms with Crippen molar-refractivity contribution in [2.45, 2.75) is 59.0 Å². The Labute approximate surface area is 210 Å². The van der Waals surface area contributed by atoms with Gasteiger partial charge < -0.3 is 10.6 Å². The highest BCUT2D eigenvalue weighted by atomic mass is 32.1. The summed E-state index contributed by atoms with van der Waals surface area (Å²) in [7, 11) is 0. The molecule has 0 saturated carbocycles. The van der Waals surface area contributed by atoms with Crippen LogP contribution in [0.25, 0.3) is 0 Å². The molecule has 0 aliphatic carbocycles. The minimum absolute atomic E-state index is 0.0256. The SMILES string of the molecule is Cc1ccc([C@H](C(=O)NC(C)(C)C)N(C(=O)CCC(=O)Nc2nccs2)c2cccc(C)c2)cc1. The van der Waals surface area contributed by atoms with E-state index in [2.05, 4.69) is 15.6 Å². The van der Waals surface area contributed by atoms with Crippen molar-refractivity contribution in [2.75, 3.05) is 10.2 Å². The molecule has 1 aromatic heterocycles. The van der Waals surface area contributed by atoms with E-state index in [4.69, 9.17) is 0 Å². The molecule has 0 bridgehead atoms. The molecule has 0 unspecified atom stereocenters. The monoisotopic (exact) mass is 492 g/mol. The predicted molar refractivity (Wildman–Crippen MR) is 140 cm³/mol. The molecule has 0 aliphatic heterocycles. The van der Waals surface area contributed by atoms with Crippen molar-refractivity contribution >= 4 is 39.9 Å². The van der Waals surface area contributed by atoms with Crippen LogP contribution in [0.3, 0.4) is 0 Å². The van der Waals surface area contributed by atoms with Gasteiger partial charge in [-0.05, 0) is 57.9 Å². The van der Waals surface area contributed by atoms with Gasteiger partial charge in [-0.3, -0.25) is 19.3 Å². The quantitative estimate of drug-likeness (QED) is 0.454. The minimum Gasteiger partial charge on any atom is -0.349 e. The first kappa shape index (κ1) is 26.1. The van der Waals surface area contributed by atoms with Crippen LogP contribution in [0.1, 0.15) is 56.3 Å². The fourth-order valence-electron chi connectivity index (χ4n) is 3.63. The van der Waals surface area contributed by atoms with E-state index in [0.29, 0.717) is 16.4 Å². The molecule has 7 nitrogen and oxygen atoms in total. The van der Waals surface area contributed by atoms with Crippen LogP contribution in [-0.4, -0.2) is 28.2 Å². The lowest BCUT2D eigenvalue weighted by atomic mass is 9.99. The van der Waals surface area contributed by atoms with Crippen molar-refractivity contribution < 1.29 is 14.4 Å². The van der Waals surface area contributed by atoms with Gasteiger partial charge in [-0.1, -0.05) is 42.0 Å². The maximum absolute atomic E-state index is 13.7. The van der Waals surface area contributed by atoms with E-state index in [-0.39, 0.29) is 30.6 Å². The summed E-state index contributed by atoms with van der Waals surface area (Å²) in [5.41, 5.74) is 2.82. The molecule has 3 amide bonds. The van der Waals surface area contributed by atoms with Crippen molar-refractivity contribution in [3.05, 3.63) is 76.8 Å². The molecule has 2 aromatic carbocycles. The molecule has 1 atom stereocenters. The number of thiazole rings is 1. The Hall–Kier alpha value is -3.52. The van der Waals surface area contributed by atoms with Crippen molar-refractivity contribution in [3.8, 4) is 0 Å². The first-order chi connectivity index (χ1) is 16.5. The molecular weight excluding hydrogens is 460 g/mol. The summed E-state index contributed by atoms with van der Waals surface area (Å²) in [6, 6.07) is 14.2. The fourth-order valence-corrected chi connectivity index (χ4v) is 4.17. The molecule has 0 spiro atoms. The summed E-state index contributed by atoms with van der Waals surface area (Å²) in [6.45, 7) is 9.61. The topological polar surface area (TPSA) is 91.4 Å². The summed E-state index contributed by atoms with van der Waals surface area (Å²) < 4.78 is 0. The van der Waals surface area contributed by atoms with E-state index in [1.807, 2.05) is 83.1 Å². The Morgan fingerprint density at radius 1 is 1.00 bits per heavy atom. The number of anilines is 2. The summed E-state index contributed by atoms with van der Waals surface area (Å²) in [4.78, 5) is 45.3. The number of nitrogens with zero attached hydrogens (tertiary/aromatic N) is 2. The third-order valence-corrected chi connectivity index (χ3v) is 5.88. The van der Waals surface area contributed by atoms with Crippen LogP contribution in [0.15, 0.2) is 60.1 Å². The number of benzene rings is 2. The second kappa shape index (κ2) is 11.3. The van der Waals surface area contributed by atoms with Crippen molar-refractivity contribution in [3.63, 3.8) is 0 Å². The molecule has 184 valence electrons. The maximum atomic E-state index is 13.7. The third kappa shape index (κ3) is 7.48. The van der Waals surface area contributed by atoms with Gasteiger partial charge in [-0.2, -0.15) is 0 Å². The second-order valence-electron chi connectivity index (χ2n) is 9.54. The first-order valence-corrected chi connectivity index (χ1v) is 12.4. The Morgan fingerprint density at radius 2 is 1.71 bits per heavy atom. The molecule has 0 radical (unpaired) electrons. The van der Waals surface area contributed by atoms with Crippen molar-refractivity contribution in [2.24, 2.45) is 0 Å². The second-order valence-corrected chi connectivity index (χ2v) is 10.4. The van der Waals surface area contributed by atoms with Gasteiger partial charge in [0, 0.05) is 35.6 Å². The number of hydrogen-bond acceptors (Lipinski definition) is 5. The van der Waals surface area contributed by atoms with Crippen LogP contribution in [-0.2, 0) is 14.4 Å². The highest BCUT2D eigenvalue weighted by Gasteiger charge is 2.34. The van der Waals surface area contributed by atoms with Crippen LogP contribution in [0, 0.1) is 13.8 Å². The smallest absolute Gasteiger partial charge is 0.248 e. The fraction of sp³-hybridized carbons (Fsp3) is 0.333. The molecule has 2 N–H and O–H groups in total. The Kier molecular flexibility index (Phi) is 8.40. The van der Waals surface area contributed by atoms with Crippen molar-refractivity contribution in [1.29, 1.82) is 0 Å². The largest absolute Gasteiger partial charge is 0.349 e. The van der Waals surface area contributed by atoms with E-state index in [9.17, 15) is 14.4 Å². The number of aryl methyl sites for hydroxylation is 2. The lowest BCUT2D eigenvalue weighted by molar-refractivity contribution is -0.128. The van der Waals surface area contributed by atoms with E-state index in [0.717, 1.165) is 11.1 Å². The van der Waals surface area contributed by atoms with Crippen LogP contribution in [0.2, 0.25) is 0 Å². The highest BCUT2D eigenvalue weighted by molar-refractivity contribution is 7.13. The minimum atomic E-state index is -0.897. The highest BCUT2D eigenvalue weighted by Crippen LogP contribution is 2.30. The van der Waals surface area contributed by atoms with Gasteiger partial charge in [-0.25, -0.2) is 4.98 Å². The summed E-state index contributed by atoms with van der Waals surface area (Å²) in [6.07, 6.45) is 1.52. The summed E-state index contributed by atoms with van der Waals surface area (Å²) >= 11 is 1.31. The first-order valence-electron chi connectivity index (χ1n) is 11.5. The van der Waals surface area contributed by atoms with Crippen LogP contribution >= 0.6 is 11.3 Å². The van der Waals surface area contributed by atoms with Gasteiger partial charge in [-0.15, -0.1) is 11.3 Å². The zero-order valence-corrected chi connectivity index (χ0v) is 21.6. The zero-order valence-electron chi connectivity index (χ0n) is 20.8. The number of carbonyl (C=O) groups excluding carboxylic acids is 3. The lowest BCUT2D eigenvalue weighted by Crippen LogP contribution is -2.49. The summed E-state index contributed by atoms with van der Waals surface area (Å²) in [5.74, 6) is -0.911. The van der Waals surface area contributed by atoms with Crippen molar-refractivity contribution in [1.82, 2.24) is 10.3 Å². The van der Waals surface area contributed by atoms with Gasteiger partial charge in [0.05, 0.1) is 0 Å². The van der Waals surface area contributed by atoms with Gasteiger partial charge in [0.1, 0.15) is 6.04 Å². The van der Waals surface area contributed by atoms with Gasteiger partial charge >= 0.3 is 0 Å². The molecule has 0 saturated heterocycles. The molecule has 3 aromatic rings. The normalized spacial score (nSPS) is 12.0. The standard InChI is InChI=1S/C27H32N4O3S/c1-18-9-11-20(12-10-18)24(25(34)30-27(3,4)5)31(21-8-6-7-19(2)17-21)23(33)14-13-22(32)29-26-28-15-16-35-26/h6-12,15-17,24H,13-14H2,1-5H3,(H,30,34)(H,28,29,32)/t24-/m1/s1. The van der Waals surface area contributed by atoms with Gasteiger partial charge in [0.2, 0.25) is 17.7 Å². The molecular formula is C27H32N4O3S. The Balaban J connectivity index is 1.96. The van der Waals surface area contributed by atoms with Crippen LogP contribution < -0.4 is 15.5 Å². The number of carbonyl (C=O) groups is 3. The predicted octanol–water partition coefficient (Wildman–Crippen LogP) is 5.17. The summed E-state index contributed by atoms with van der Waals surface area (Å²) in [5, 5.41) is 7.98. The third-order valence-electron chi connectivity index (χ3n) is 5.19. The Morgan fingerprint density at radius 3 is 2.31 bits per heavy atom. The molecule has 35 heavy (non-hydrogen) atoms. The van der Waals surface area contributed by atoms with Gasteiger partial charge in [0.25, 0.3) is 0 Å². The van der Waals surface area contributed by atoms with E-state index in [1.165, 1.54) is 16.2 Å². The molecule has 0 aliphatic rings. The lowest BCUT2D eigenvalue weighted by Gasteiger charge is -2.34. The molecule has 1 heterocycles. The maximum Gasteiger partial charge on any atom is 0.248 e.